The third kappa shape index (κ3) is 4.33. The van der Waals surface area contributed by atoms with Gasteiger partial charge < -0.3 is 11.5 Å². The van der Waals surface area contributed by atoms with E-state index in [4.69, 9.17) is 23.1 Å². The molecule has 0 aliphatic heterocycles. The van der Waals surface area contributed by atoms with Crippen LogP contribution in [0.25, 0.3) is 0 Å². The van der Waals surface area contributed by atoms with Gasteiger partial charge in [0, 0.05) is 6.54 Å². The van der Waals surface area contributed by atoms with Crippen LogP contribution in [0.2, 0.25) is 5.02 Å². The molecule has 0 atom stereocenters. The second-order valence-corrected chi connectivity index (χ2v) is 7.62. The summed E-state index contributed by atoms with van der Waals surface area (Å²) < 4.78 is 26.3. The predicted molar refractivity (Wildman–Crippen MR) is 83.4 cm³/mol. The normalized spacial score (nSPS) is 12.1. The number of primary amides is 1. The van der Waals surface area contributed by atoms with Gasteiger partial charge in [0.05, 0.1) is 22.2 Å². The van der Waals surface area contributed by atoms with Crippen molar-refractivity contribution in [2.45, 2.75) is 25.7 Å². The van der Waals surface area contributed by atoms with Gasteiger partial charge in [0.15, 0.2) is 0 Å². The number of nitrogen functional groups attached to an aromatic ring is 1. The van der Waals surface area contributed by atoms with Crippen LogP contribution in [-0.2, 0) is 14.8 Å². The summed E-state index contributed by atoms with van der Waals surface area (Å²) in [6.07, 6.45) is 0. The maximum absolute atomic E-state index is 12.6. The molecule has 0 heterocycles. The van der Waals surface area contributed by atoms with Crippen LogP contribution in [0.4, 0.5) is 5.69 Å². The molecule has 0 bridgehead atoms. The summed E-state index contributed by atoms with van der Waals surface area (Å²) in [6, 6.07) is 2.72. The SMILES string of the molecule is Cc1cc(S(=O)(=O)N(CC(N)=O)CC(C)C)cc(N)c1Cl. The number of hydrogen-bond donors (Lipinski definition) is 2. The summed E-state index contributed by atoms with van der Waals surface area (Å²) >= 11 is 5.94. The molecule has 0 fully saturated rings. The minimum atomic E-state index is -3.86. The van der Waals surface area contributed by atoms with E-state index in [0.29, 0.717) is 10.6 Å². The average molecular weight is 334 g/mol. The van der Waals surface area contributed by atoms with Crippen molar-refractivity contribution in [2.24, 2.45) is 11.7 Å². The summed E-state index contributed by atoms with van der Waals surface area (Å²) in [7, 11) is -3.86. The second-order valence-electron chi connectivity index (χ2n) is 5.30. The van der Waals surface area contributed by atoms with Crippen LogP contribution in [0.1, 0.15) is 19.4 Å². The topological polar surface area (TPSA) is 106 Å². The molecule has 0 saturated heterocycles. The number of halogens is 1. The summed E-state index contributed by atoms with van der Waals surface area (Å²) in [5, 5.41) is 0.319. The summed E-state index contributed by atoms with van der Waals surface area (Å²) in [6.45, 7) is 5.18. The maximum atomic E-state index is 12.6. The Morgan fingerprint density at radius 2 is 1.95 bits per heavy atom. The molecular formula is C13H20ClN3O3S. The number of amides is 1. The Morgan fingerprint density at radius 1 is 1.38 bits per heavy atom. The molecule has 0 unspecified atom stereocenters. The molecule has 21 heavy (non-hydrogen) atoms. The molecule has 0 aromatic heterocycles. The molecule has 0 spiro atoms. The summed E-state index contributed by atoms with van der Waals surface area (Å²) in [4.78, 5) is 11.1. The molecule has 0 aliphatic rings. The third-order valence-corrected chi connectivity index (χ3v) is 5.10. The lowest BCUT2D eigenvalue weighted by molar-refractivity contribution is -0.118. The smallest absolute Gasteiger partial charge is 0.243 e. The standard InChI is InChI=1S/C13H20ClN3O3S/c1-8(2)6-17(7-12(16)18)21(19,20)10-4-9(3)13(14)11(15)5-10/h4-5,8H,6-7,15H2,1-3H3,(H2,16,18). The molecule has 1 amide bonds. The predicted octanol–water partition coefficient (Wildman–Crippen LogP) is 1.36. The van der Waals surface area contributed by atoms with E-state index in [1.54, 1.807) is 6.92 Å². The molecule has 118 valence electrons. The molecule has 0 saturated carbocycles. The minimum absolute atomic E-state index is 0.00352. The van der Waals surface area contributed by atoms with E-state index < -0.39 is 15.9 Å². The number of carbonyl (C=O) groups is 1. The fourth-order valence-electron chi connectivity index (χ4n) is 1.89. The monoisotopic (exact) mass is 333 g/mol. The third-order valence-electron chi connectivity index (χ3n) is 2.79. The number of anilines is 1. The van der Waals surface area contributed by atoms with E-state index in [9.17, 15) is 13.2 Å². The van der Waals surface area contributed by atoms with Crippen LogP contribution in [-0.4, -0.2) is 31.7 Å². The quantitative estimate of drug-likeness (QED) is 0.766. The van der Waals surface area contributed by atoms with E-state index in [1.165, 1.54) is 12.1 Å². The number of carbonyl (C=O) groups excluding carboxylic acids is 1. The van der Waals surface area contributed by atoms with E-state index in [2.05, 4.69) is 0 Å². The van der Waals surface area contributed by atoms with Crippen LogP contribution < -0.4 is 11.5 Å². The van der Waals surface area contributed by atoms with Gasteiger partial charge in [-0.15, -0.1) is 0 Å². The first-order chi connectivity index (χ1) is 9.55. The van der Waals surface area contributed by atoms with Crippen LogP contribution in [0.3, 0.4) is 0 Å². The highest BCUT2D eigenvalue weighted by Gasteiger charge is 2.27. The van der Waals surface area contributed by atoms with Gasteiger partial charge in [0.1, 0.15) is 0 Å². The van der Waals surface area contributed by atoms with Gasteiger partial charge in [0.2, 0.25) is 15.9 Å². The van der Waals surface area contributed by atoms with E-state index in [-0.39, 0.29) is 29.6 Å². The van der Waals surface area contributed by atoms with Gasteiger partial charge in [-0.2, -0.15) is 4.31 Å². The molecular weight excluding hydrogens is 314 g/mol. The van der Waals surface area contributed by atoms with Gasteiger partial charge in [-0.3, -0.25) is 4.79 Å². The van der Waals surface area contributed by atoms with Gasteiger partial charge in [0.25, 0.3) is 0 Å². The van der Waals surface area contributed by atoms with Crippen molar-refractivity contribution < 1.29 is 13.2 Å². The van der Waals surface area contributed by atoms with Gasteiger partial charge >= 0.3 is 0 Å². The van der Waals surface area contributed by atoms with E-state index in [0.717, 1.165) is 4.31 Å². The van der Waals surface area contributed by atoms with E-state index >= 15 is 0 Å². The Hall–Kier alpha value is -1.31. The summed E-state index contributed by atoms with van der Waals surface area (Å²) in [5.41, 5.74) is 11.6. The van der Waals surface area contributed by atoms with Crippen molar-refractivity contribution >= 4 is 33.2 Å². The number of benzene rings is 1. The molecule has 6 nitrogen and oxygen atoms in total. The van der Waals surface area contributed by atoms with Crippen LogP contribution in [0.15, 0.2) is 17.0 Å². The highest BCUT2D eigenvalue weighted by atomic mass is 35.5. The molecule has 0 radical (unpaired) electrons. The molecule has 1 aromatic rings. The Balaban J connectivity index is 3.31. The minimum Gasteiger partial charge on any atom is -0.397 e. The van der Waals surface area contributed by atoms with Gasteiger partial charge in [-0.1, -0.05) is 25.4 Å². The van der Waals surface area contributed by atoms with Crippen LogP contribution in [0, 0.1) is 12.8 Å². The Bertz CT molecular complexity index is 621. The molecule has 0 aliphatic carbocycles. The van der Waals surface area contributed by atoms with Gasteiger partial charge in [-0.05, 0) is 30.5 Å². The van der Waals surface area contributed by atoms with Crippen LogP contribution >= 0.6 is 11.6 Å². The molecule has 4 N–H and O–H groups in total. The first-order valence-corrected chi connectivity index (χ1v) is 8.21. The second kappa shape index (κ2) is 6.64. The highest BCUT2D eigenvalue weighted by Crippen LogP contribution is 2.28. The largest absolute Gasteiger partial charge is 0.397 e. The Kier molecular flexibility index (Phi) is 5.61. The van der Waals surface area contributed by atoms with Crippen molar-refractivity contribution in [1.29, 1.82) is 0 Å². The van der Waals surface area contributed by atoms with Crippen molar-refractivity contribution in [3.8, 4) is 0 Å². The van der Waals surface area contributed by atoms with Crippen molar-refractivity contribution in [3.63, 3.8) is 0 Å². The first kappa shape index (κ1) is 17.7. The number of rotatable bonds is 6. The number of aryl methyl sites for hydroxylation is 1. The molecule has 8 heteroatoms. The lowest BCUT2D eigenvalue weighted by Gasteiger charge is -2.23. The van der Waals surface area contributed by atoms with Crippen molar-refractivity contribution in [1.82, 2.24) is 4.31 Å². The lowest BCUT2D eigenvalue weighted by Crippen LogP contribution is -2.40. The van der Waals surface area contributed by atoms with Crippen molar-refractivity contribution in [3.05, 3.63) is 22.7 Å². The number of nitrogens with two attached hydrogens (primary N) is 2. The zero-order valence-electron chi connectivity index (χ0n) is 12.3. The molecule has 1 aromatic carbocycles. The van der Waals surface area contributed by atoms with Crippen LogP contribution in [0.5, 0.6) is 0 Å². The van der Waals surface area contributed by atoms with E-state index in [1.807, 2.05) is 13.8 Å². The summed E-state index contributed by atoms with van der Waals surface area (Å²) in [5.74, 6) is -0.664. The van der Waals surface area contributed by atoms with Gasteiger partial charge in [-0.25, -0.2) is 8.42 Å². The number of nitrogens with zero attached hydrogens (tertiary/aromatic N) is 1. The number of hydrogen-bond acceptors (Lipinski definition) is 4. The fraction of sp³-hybridized carbons (Fsp3) is 0.462. The highest BCUT2D eigenvalue weighted by molar-refractivity contribution is 7.89. The van der Waals surface area contributed by atoms with Crippen molar-refractivity contribution in [2.75, 3.05) is 18.8 Å². The zero-order chi connectivity index (χ0) is 16.4. The Labute approximate surface area is 130 Å². The fourth-order valence-corrected chi connectivity index (χ4v) is 3.69. The maximum Gasteiger partial charge on any atom is 0.243 e. The zero-order valence-corrected chi connectivity index (χ0v) is 13.8. The number of sulfonamides is 1. The average Bonchev–Trinajstić information content (AvgIpc) is 2.33. The molecule has 1 rings (SSSR count). The Morgan fingerprint density at radius 3 is 2.38 bits per heavy atom. The lowest BCUT2D eigenvalue weighted by atomic mass is 10.2. The first-order valence-electron chi connectivity index (χ1n) is 6.39.